The molecule has 2 aromatic heterocycles. The van der Waals surface area contributed by atoms with Crippen LogP contribution in [0.15, 0.2) is 27.5 Å². The molecule has 0 unspecified atom stereocenters. The van der Waals surface area contributed by atoms with E-state index in [9.17, 15) is 14.4 Å². The van der Waals surface area contributed by atoms with Crippen LogP contribution in [0, 0.1) is 13.8 Å². The molecule has 0 radical (unpaired) electrons. The third kappa shape index (κ3) is 4.25. The maximum absolute atomic E-state index is 12.2. The van der Waals surface area contributed by atoms with Gasteiger partial charge in [-0.25, -0.2) is 4.79 Å². The van der Waals surface area contributed by atoms with Gasteiger partial charge in [-0.2, -0.15) is 0 Å². The van der Waals surface area contributed by atoms with Crippen molar-refractivity contribution in [3.63, 3.8) is 0 Å². The van der Waals surface area contributed by atoms with E-state index in [1.807, 2.05) is 6.92 Å². The number of fused-ring (bicyclic) bond motifs is 1. The lowest BCUT2D eigenvalue weighted by molar-refractivity contribution is -0.153. The lowest BCUT2D eigenvalue weighted by Gasteiger charge is -2.13. The number of H-pyrrole nitrogens is 2. The van der Waals surface area contributed by atoms with Crippen molar-refractivity contribution in [1.29, 1.82) is 0 Å². The van der Waals surface area contributed by atoms with Gasteiger partial charge in [0.15, 0.2) is 6.10 Å². The third-order valence-corrected chi connectivity index (χ3v) is 4.22. The highest BCUT2D eigenvalue weighted by Crippen LogP contribution is 2.16. The maximum Gasteiger partial charge on any atom is 0.323 e. The second-order valence-electron chi connectivity index (χ2n) is 6.26. The number of aryl methyl sites for hydroxylation is 2. The number of nitrogens with one attached hydrogen (secondary N) is 3. The van der Waals surface area contributed by atoms with Crippen molar-refractivity contribution in [1.82, 2.24) is 15.1 Å². The van der Waals surface area contributed by atoms with Gasteiger partial charge in [0.25, 0.3) is 5.91 Å². The Kier molecular flexibility index (Phi) is 5.11. The fraction of sp³-hybridized carbons (Fsp3) is 0.333. The summed E-state index contributed by atoms with van der Waals surface area (Å²) >= 11 is 0. The smallest absolute Gasteiger partial charge is 0.323 e. The molecular weight excluding hydrogens is 352 g/mol. The summed E-state index contributed by atoms with van der Waals surface area (Å²) in [5.74, 6) is -0.273. The predicted octanol–water partition coefficient (Wildman–Crippen LogP) is 1.96. The highest BCUT2D eigenvalue weighted by Gasteiger charge is 2.19. The summed E-state index contributed by atoms with van der Waals surface area (Å²) in [7, 11) is 0. The summed E-state index contributed by atoms with van der Waals surface area (Å²) < 4.78 is 10.2. The fourth-order valence-electron chi connectivity index (χ4n) is 2.75. The van der Waals surface area contributed by atoms with Crippen LogP contribution in [0.2, 0.25) is 0 Å². The number of rotatable bonds is 6. The van der Waals surface area contributed by atoms with Gasteiger partial charge in [0, 0.05) is 17.7 Å². The van der Waals surface area contributed by atoms with Crippen LogP contribution in [-0.4, -0.2) is 33.1 Å². The first-order chi connectivity index (χ1) is 12.8. The number of carbonyl (C=O) groups excluding carboxylic acids is 2. The van der Waals surface area contributed by atoms with Crippen LogP contribution in [-0.2, 0) is 20.7 Å². The largest absolute Gasteiger partial charge is 0.453 e. The third-order valence-electron chi connectivity index (χ3n) is 4.22. The number of aromatic amines is 2. The van der Waals surface area contributed by atoms with E-state index in [2.05, 4.69) is 20.4 Å². The molecule has 0 aliphatic carbocycles. The van der Waals surface area contributed by atoms with Gasteiger partial charge in [0.05, 0.1) is 16.7 Å². The van der Waals surface area contributed by atoms with Crippen molar-refractivity contribution < 1.29 is 18.8 Å². The first-order valence-corrected chi connectivity index (χ1v) is 8.47. The normalized spacial score (nSPS) is 12.1. The van der Waals surface area contributed by atoms with E-state index in [0.29, 0.717) is 28.9 Å². The highest BCUT2D eigenvalue weighted by atomic mass is 16.5. The average molecular weight is 372 g/mol. The molecular formula is C18H20N4O5. The van der Waals surface area contributed by atoms with Crippen LogP contribution >= 0.6 is 0 Å². The van der Waals surface area contributed by atoms with E-state index < -0.39 is 18.0 Å². The van der Waals surface area contributed by atoms with Gasteiger partial charge >= 0.3 is 11.7 Å². The van der Waals surface area contributed by atoms with E-state index in [1.54, 1.807) is 25.1 Å². The molecule has 3 N–H and O–H groups in total. The Morgan fingerprint density at radius 3 is 2.70 bits per heavy atom. The second-order valence-corrected chi connectivity index (χ2v) is 6.26. The molecule has 0 aliphatic heterocycles. The topological polar surface area (TPSA) is 130 Å². The quantitative estimate of drug-likeness (QED) is 0.567. The zero-order chi connectivity index (χ0) is 19.6. The number of esters is 1. The second kappa shape index (κ2) is 7.48. The summed E-state index contributed by atoms with van der Waals surface area (Å²) in [5.41, 5.74) is 2.98. The standard InChI is InChI=1S/C18H20N4O5/c1-9-13(10(2)27-22-9)5-7-16(23)26-11(3)17(24)19-12-4-6-14-15(8-12)21-18(25)20-14/h4,6,8,11H,5,7H2,1-3H3,(H,19,24)(H2,20,21,25)/t11-/m0/s1. The molecule has 0 saturated carbocycles. The van der Waals surface area contributed by atoms with Crippen molar-refractivity contribution in [2.45, 2.75) is 39.7 Å². The molecule has 9 nitrogen and oxygen atoms in total. The minimum absolute atomic E-state index is 0.122. The van der Waals surface area contributed by atoms with Crippen molar-refractivity contribution >= 4 is 28.6 Å². The zero-order valence-corrected chi connectivity index (χ0v) is 15.2. The van der Waals surface area contributed by atoms with Crippen LogP contribution in [0.4, 0.5) is 5.69 Å². The number of benzene rings is 1. The Hall–Kier alpha value is -3.36. The van der Waals surface area contributed by atoms with Gasteiger partial charge in [-0.1, -0.05) is 5.16 Å². The Bertz CT molecular complexity index is 1030. The lowest BCUT2D eigenvalue weighted by atomic mass is 10.1. The fourth-order valence-corrected chi connectivity index (χ4v) is 2.75. The van der Waals surface area contributed by atoms with Gasteiger partial charge < -0.3 is 24.5 Å². The van der Waals surface area contributed by atoms with Crippen molar-refractivity contribution in [2.75, 3.05) is 5.32 Å². The summed E-state index contributed by atoms with van der Waals surface area (Å²) in [6, 6.07) is 4.94. The summed E-state index contributed by atoms with van der Waals surface area (Å²) in [6.07, 6.45) is -0.397. The monoisotopic (exact) mass is 372 g/mol. The Labute approximate surface area is 154 Å². The van der Waals surface area contributed by atoms with Gasteiger partial charge in [-0.3, -0.25) is 9.59 Å². The number of nitrogens with zero attached hydrogens (tertiary/aromatic N) is 1. The van der Waals surface area contributed by atoms with Crippen molar-refractivity contribution in [3.8, 4) is 0 Å². The van der Waals surface area contributed by atoms with Crippen LogP contribution in [0.25, 0.3) is 11.0 Å². The van der Waals surface area contributed by atoms with E-state index >= 15 is 0 Å². The predicted molar refractivity (Wildman–Crippen MR) is 97.4 cm³/mol. The molecule has 0 fully saturated rings. The van der Waals surface area contributed by atoms with Crippen LogP contribution in [0.5, 0.6) is 0 Å². The number of ether oxygens (including phenoxy) is 1. The SMILES string of the molecule is Cc1noc(C)c1CCC(=O)O[C@@H](C)C(=O)Nc1ccc2[nH]c(=O)[nH]c2c1. The molecule has 0 saturated heterocycles. The number of amides is 1. The first kappa shape index (κ1) is 18.4. The Balaban J connectivity index is 1.54. The molecule has 1 amide bonds. The van der Waals surface area contributed by atoms with E-state index in [0.717, 1.165) is 11.3 Å². The molecule has 2 heterocycles. The Morgan fingerprint density at radius 1 is 1.26 bits per heavy atom. The first-order valence-electron chi connectivity index (χ1n) is 8.47. The van der Waals surface area contributed by atoms with E-state index in [-0.39, 0.29) is 12.1 Å². The van der Waals surface area contributed by atoms with Crippen LogP contribution < -0.4 is 11.0 Å². The number of carbonyl (C=O) groups is 2. The number of aromatic nitrogens is 3. The minimum Gasteiger partial charge on any atom is -0.453 e. The Morgan fingerprint density at radius 2 is 2.00 bits per heavy atom. The molecule has 9 heteroatoms. The number of hydrogen-bond donors (Lipinski definition) is 3. The zero-order valence-electron chi connectivity index (χ0n) is 15.2. The molecule has 1 atom stereocenters. The van der Waals surface area contributed by atoms with Gasteiger partial charge in [-0.05, 0) is 45.4 Å². The molecule has 3 rings (SSSR count). The van der Waals surface area contributed by atoms with Gasteiger partial charge in [0.2, 0.25) is 0 Å². The molecule has 0 aliphatic rings. The van der Waals surface area contributed by atoms with Gasteiger partial charge in [-0.15, -0.1) is 0 Å². The van der Waals surface area contributed by atoms with Crippen LogP contribution in [0.3, 0.4) is 0 Å². The van der Waals surface area contributed by atoms with E-state index in [4.69, 9.17) is 9.26 Å². The molecule has 1 aromatic carbocycles. The van der Waals surface area contributed by atoms with Crippen LogP contribution in [0.1, 0.15) is 30.4 Å². The van der Waals surface area contributed by atoms with Crippen molar-refractivity contribution in [3.05, 3.63) is 45.7 Å². The highest BCUT2D eigenvalue weighted by molar-refractivity contribution is 5.96. The van der Waals surface area contributed by atoms with Gasteiger partial charge in [0.1, 0.15) is 5.76 Å². The van der Waals surface area contributed by atoms with Crippen molar-refractivity contribution in [2.24, 2.45) is 0 Å². The summed E-state index contributed by atoms with van der Waals surface area (Å²) in [5, 5.41) is 6.50. The average Bonchev–Trinajstić information content (AvgIpc) is 3.13. The van der Waals surface area contributed by atoms with E-state index in [1.165, 1.54) is 6.92 Å². The molecule has 3 aromatic rings. The summed E-state index contributed by atoms with van der Waals surface area (Å²) in [4.78, 5) is 40.7. The molecule has 27 heavy (non-hydrogen) atoms. The molecule has 0 spiro atoms. The lowest BCUT2D eigenvalue weighted by Crippen LogP contribution is -2.30. The number of hydrogen-bond acceptors (Lipinski definition) is 6. The summed E-state index contributed by atoms with van der Waals surface area (Å²) in [6.45, 7) is 5.09. The molecule has 0 bridgehead atoms. The maximum atomic E-state index is 12.2. The number of anilines is 1. The molecule has 142 valence electrons. The minimum atomic E-state index is -0.955. The number of imidazole rings is 1.